The summed E-state index contributed by atoms with van der Waals surface area (Å²) < 4.78 is 4.93. The van der Waals surface area contributed by atoms with Crippen LogP contribution in [0.5, 0.6) is 0 Å². The van der Waals surface area contributed by atoms with Crippen LogP contribution in [0, 0.1) is 0 Å². The van der Waals surface area contributed by atoms with Crippen molar-refractivity contribution in [2.45, 2.75) is 30.7 Å². The number of urea groups is 1. The molecule has 0 aliphatic heterocycles. The maximum atomic E-state index is 12.1. The molecule has 24 heavy (non-hydrogen) atoms. The molecule has 0 atom stereocenters. The van der Waals surface area contributed by atoms with E-state index >= 15 is 0 Å². The van der Waals surface area contributed by atoms with Crippen LogP contribution in [0.15, 0.2) is 29.2 Å². The molecule has 2 rings (SSSR count). The molecule has 2 N–H and O–H groups in total. The van der Waals surface area contributed by atoms with Gasteiger partial charge in [-0.15, -0.1) is 11.8 Å². The number of Topliss-reactive ketones (excluding diaryl/α,β-unsaturated/α-hetero) is 1. The third kappa shape index (κ3) is 6.04. The van der Waals surface area contributed by atoms with Crippen molar-refractivity contribution < 1.29 is 23.9 Å². The number of nitrogens with one attached hydrogen (secondary N) is 2. The first-order chi connectivity index (χ1) is 11.5. The van der Waals surface area contributed by atoms with E-state index in [-0.39, 0.29) is 23.1 Å². The smallest absolute Gasteiger partial charge is 0.339 e. The van der Waals surface area contributed by atoms with Gasteiger partial charge in [0.05, 0.1) is 11.3 Å². The number of amides is 3. The fraction of sp³-hybridized carbons (Fsp3) is 0.375. The summed E-state index contributed by atoms with van der Waals surface area (Å²) in [6.45, 7) is 0.910. The lowest BCUT2D eigenvalue weighted by Crippen LogP contribution is -2.42. The Morgan fingerprint density at radius 1 is 1.21 bits per heavy atom. The molecule has 0 saturated heterocycles. The number of carbonyl (C=O) groups excluding carboxylic acids is 4. The van der Waals surface area contributed by atoms with Crippen molar-refractivity contribution in [2.75, 3.05) is 12.4 Å². The van der Waals surface area contributed by atoms with Crippen LogP contribution in [0.4, 0.5) is 4.79 Å². The molecule has 1 saturated carbocycles. The minimum atomic E-state index is -0.699. The Morgan fingerprint density at radius 3 is 2.58 bits per heavy atom. The van der Waals surface area contributed by atoms with E-state index in [1.807, 2.05) is 0 Å². The maximum absolute atomic E-state index is 12.1. The Bertz CT molecular complexity index is 658. The van der Waals surface area contributed by atoms with Gasteiger partial charge in [-0.25, -0.2) is 9.59 Å². The summed E-state index contributed by atoms with van der Waals surface area (Å²) in [4.78, 5) is 46.8. The van der Waals surface area contributed by atoms with Crippen LogP contribution in [0.2, 0.25) is 0 Å². The number of esters is 1. The summed E-state index contributed by atoms with van der Waals surface area (Å²) in [5.41, 5.74) is 0.277. The van der Waals surface area contributed by atoms with Crippen molar-refractivity contribution in [3.8, 4) is 0 Å². The van der Waals surface area contributed by atoms with E-state index in [0.29, 0.717) is 4.90 Å². The van der Waals surface area contributed by atoms with Crippen LogP contribution in [0.1, 0.15) is 30.1 Å². The van der Waals surface area contributed by atoms with Gasteiger partial charge in [0.15, 0.2) is 6.61 Å². The number of imide groups is 1. The molecule has 3 amide bonds. The van der Waals surface area contributed by atoms with Crippen molar-refractivity contribution in [3.63, 3.8) is 0 Å². The highest BCUT2D eigenvalue weighted by Gasteiger charge is 2.24. The molecule has 0 heterocycles. The van der Waals surface area contributed by atoms with E-state index in [0.717, 1.165) is 12.8 Å². The summed E-state index contributed by atoms with van der Waals surface area (Å²) in [6.07, 6.45) is 1.82. The average Bonchev–Trinajstić information content (AvgIpc) is 3.34. The van der Waals surface area contributed by atoms with Crippen LogP contribution in [-0.2, 0) is 14.3 Å². The molecule has 0 bridgehead atoms. The second-order valence-corrected chi connectivity index (χ2v) is 6.38. The number of benzene rings is 1. The van der Waals surface area contributed by atoms with Gasteiger partial charge in [0.2, 0.25) is 0 Å². The molecule has 0 spiro atoms. The molecular formula is C16H18N2O5S. The van der Waals surface area contributed by atoms with Gasteiger partial charge in [-0.3, -0.25) is 14.9 Å². The molecule has 1 fully saturated rings. The molecule has 8 heteroatoms. The molecule has 0 radical (unpaired) electrons. The van der Waals surface area contributed by atoms with E-state index in [2.05, 4.69) is 10.6 Å². The van der Waals surface area contributed by atoms with Crippen molar-refractivity contribution in [2.24, 2.45) is 0 Å². The zero-order valence-electron chi connectivity index (χ0n) is 13.2. The quantitative estimate of drug-likeness (QED) is 0.571. The fourth-order valence-corrected chi connectivity index (χ4v) is 2.60. The van der Waals surface area contributed by atoms with E-state index in [1.54, 1.807) is 24.3 Å². The van der Waals surface area contributed by atoms with E-state index in [4.69, 9.17) is 4.74 Å². The lowest BCUT2D eigenvalue weighted by molar-refractivity contribution is -0.123. The standard InChI is InChI=1S/C16H18N2O5S/c1-10(19)9-24-13-5-3-2-4-12(13)15(21)23-8-14(20)18-16(22)17-11-6-7-11/h2-5,11H,6-9H2,1H3,(H2,17,18,20,22). The highest BCUT2D eigenvalue weighted by Crippen LogP contribution is 2.23. The molecule has 7 nitrogen and oxygen atoms in total. The number of carbonyl (C=O) groups is 4. The molecule has 1 aliphatic rings. The molecule has 1 aromatic carbocycles. The number of rotatable bonds is 7. The van der Waals surface area contributed by atoms with Crippen LogP contribution >= 0.6 is 11.8 Å². The van der Waals surface area contributed by atoms with Gasteiger partial charge in [-0.2, -0.15) is 0 Å². The molecule has 1 aliphatic carbocycles. The first-order valence-corrected chi connectivity index (χ1v) is 8.43. The van der Waals surface area contributed by atoms with Gasteiger partial charge in [0.25, 0.3) is 5.91 Å². The normalized spacial score (nSPS) is 13.0. The number of hydrogen-bond donors (Lipinski definition) is 2. The minimum Gasteiger partial charge on any atom is -0.452 e. The third-order valence-corrected chi connectivity index (χ3v) is 4.26. The first-order valence-electron chi connectivity index (χ1n) is 7.44. The van der Waals surface area contributed by atoms with Crippen LogP contribution in [0.25, 0.3) is 0 Å². The van der Waals surface area contributed by atoms with Gasteiger partial charge in [0.1, 0.15) is 5.78 Å². The molecule has 1 aromatic rings. The summed E-state index contributed by atoms with van der Waals surface area (Å²) in [6, 6.07) is 6.21. The summed E-state index contributed by atoms with van der Waals surface area (Å²) >= 11 is 1.23. The highest BCUT2D eigenvalue weighted by molar-refractivity contribution is 8.00. The Balaban J connectivity index is 1.84. The van der Waals surface area contributed by atoms with Crippen molar-refractivity contribution >= 4 is 35.5 Å². The van der Waals surface area contributed by atoms with Crippen molar-refractivity contribution in [1.29, 1.82) is 0 Å². The number of ketones is 1. The predicted octanol–water partition coefficient (Wildman–Crippen LogP) is 1.51. The van der Waals surface area contributed by atoms with Gasteiger partial charge >= 0.3 is 12.0 Å². The summed E-state index contributed by atoms with van der Waals surface area (Å²) in [7, 11) is 0. The summed E-state index contributed by atoms with van der Waals surface area (Å²) in [5.74, 6) is -1.15. The minimum absolute atomic E-state index is 0.00998. The summed E-state index contributed by atoms with van der Waals surface area (Å²) in [5, 5.41) is 4.69. The van der Waals surface area contributed by atoms with Crippen LogP contribution in [0.3, 0.4) is 0 Å². The SMILES string of the molecule is CC(=O)CSc1ccccc1C(=O)OCC(=O)NC(=O)NC1CC1. The van der Waals surface area contributed by atoms with Gasteiger partial charge < -0.3 is 10.1 Å². The van der Waals surface area contributed by atoms with Crippen molar-refractivity contribution in [3.05, 3.63) is 29.8 Å². The number of thioether (sulfide) groups is 1. The number of hydrogen-bond acceptors (Lipinski definition) is 6. The lowest BCUT2D eigenvalue weighted by Gasteiger charge is -2.09. The largest absolute Gasteiger partial charge is 0.452 e. The molecule has 0 aromatic heterocycles. The number of ether oxygens (including phenoxy) is 1. The highest BCUT2D eigenvalue weighted by atomic mass is 32.2. The molecular weight excluding hydrogens is 332 g/mol. The Morgan fingerprint density at radius 2 is 1.92 bits per heavy atom. The van der Waals surface area contributed by atoms with E-state index in [9.17, 15) is 19.2 Å². The van der Waals surface area contributed by atoms with E-state index < -0.39 is 24.5 Å². The molecule has 128 valence electrons. The molecule has 0 unspecified atom stereocenters. The zero-order chi connectivity index (χ0) is 17.5. The van der Waals surface area contributed by atoms with Gasteiger partial charge in [0, 0.05) is 10.9 Å². The van der Waals surface area contributed by atoms with Crippen molar-refractivity contribution in [1.82, 2.24) is 10.6 Å². The lowest BCUT2D eigenvalue weighted by atomic mass is 10.2. The Hall–Kier alpha value is -2.35. The zero-order valence-corrected chi connectivity index (χ0v) is 14.0. The second kappa shape index (κ2) is 8.49. The van der Waals surface area contributed by atoms with Gasteiger partial charge in [-0.1, -0.05) is 12.1 Å². The average molecular weight is 350 g/mol. The Kier molecular flexibility index (Phi) is 6.36. The maximum Gasteiger partial charge on any atom is 0.339 e. The topological polar surface area (TPSA) is 102 Å². The third-order valence-electron chi connectivity index (χ3n) is 3.04. The van der Waals surface area contributed by atoms with Crippen LogP contribution in [-0.4, -0.2) is 42.1 Å². The van der Waals surface area contributed by atoms with Gasteiger partial charge in [-0.05, 0) is 31.9 Å². The monoisotopic (exact) mass is 350 g/mol. The second-order valence-electron chi connectivity index (χ2n) is 5.36. The predicted molar refractivity (Wildman–Crippen MR) is 87.8 cm³/mol. The first kappa shape index (κ1) is 18.0. The Labute approximate surface area is 143 Å². The van der Waals surface area contributed by atoms with Crippen LogP contribution < -0.4 is 10.6 Å². The fourth-order valence-electron chi connectivity index (χ4n) is 1.76. The van der Waals surface area contributed by atoms with E-state index in [1.165, 1.54) is 18.7 Å².